The Morgan fingerprint density at radius 1 is 1.23 bits per heavy atom. The first-order valence-electron chi connectivity index (χ1n) is 10.3. The van der Waals surface area contributed by atoms with Crippen molar-refractivity contribution in [2.45, 2.75) is 52.1 Å². The van der Waals surface area contributed by atoms with Crippen molar-refractivity contribution in [2.75, 3.05) is 18.4 Å². The molecule has 3 aromatic rings. The van der Waals surface area contributed by atoms with Crippen molar-refractivity contribution in [3.63, 3.8) is 0 Å². The molecule has 0 spiro atoms. The summed E-state index contributed by atoms with van der Waals surface area (Å²) in [6, 6.07) is 1.81. The van der Waals surface area contributed by atoms with Crippen LogP contribution in [0.2, 0.25) is 0 Å². The number of carbonyl (C=O) groups excluding carboxylic acids is 2. The number of rotatable bonds is 3. The zero-order valence-corrected chi connectivity index (χ0v) is 18.2. The third kappa shape index (κ3) is 4.37. The molecule has 10 nitrogen and oxygen atoms in total. The summed E-state index contributed by atoms with van der Waals surface area (Å²) in [5, 5.41) is 14.1. The van der Waals surface area contributed by atoms with E-state index in [0.717, 1.165) is 29.9 Å². The van der Waals surface area contributed by atoms with Crippen LogP contribution in [0, 0.1) is 6.92 Å². The van der Waals surface area contributed by atoms with E-state index in [9.17, 15) is 9.59 Å². The molecule has 0 aromatic carbocycles. The standard InChI is InChI=1S/C21H27N7O3/c1-13-15(11-22-17-5-8-24-28(13)17)19(29)27-9-6-14(7-10-27)18-16(12-23-26-18)25-20(30)31-21(2,3)4/h5,8,11-12,14H,6-7,9-10H2,1-4H3,(H,23,26)(H,25,30). The predicted molar refractivity (Wildman–Crippen MR) is 114 cm³/mol. The van der Waals surface area contributed by atoms with Crippen LogP contribution in [0.5, 0.6) is 0 Å². The molecule has 164 valence electrons. The summed E-state index contributed by atoms with van der Waals surface area (Å²) in [6.07, 6.45) is 5.88. The molecule has 0 atom stereocenters. The van der Waals surface area contributed by atoms with E-state index in [1.807, 2.05) is 32.6 Å². The number of aromatic nitrogens is 5. The van der Waals surface area contributed by atoms with E-state index in [-0.39, 0.29) is 11.8 Å². The lowest BCUT2D eigenvalue weighted by Gasteiger charge is -2.32. The largest absolute Gasteiger partial charge is 0.444 e. The van der Waals surface area contributed by atoms with Crippen LogP contribution in [-0.4, -0.2) is 60.4 Å². The number of fused-ring (bicyclic) bond motifs is 1. The average Bonchev–Trinajstić information content (AvgIpc) is 3.36. The van der Waals surface area contributed by atoms with Gasteiger partial charge in [0.25, 0.3) is 5.91 Å². The van der Waals surface area contributed by atoms with Gasteiger partial charge in [0, 0.05) is 31.3 Å². The van der Waals surface area contributed by atoms with E-state index >= 15 is 0 Å². The number of anilines is 1. The molecule has 0 unspecified atom stereocenters. The first kappa shape index (κ1) is 20.8. The Morgan fingerprint density at radius 3 is 2.68 bits per heavy atom. The van der Waals surface area contributed by atoms with Crippen molar-refractivity contribution in [1.29, 1.82) is 0 Å². The molecule has 2 N–H and O–H groups in total. The summed E-state index contributed by atoms with van der Waals surface area (Å²) < 4.78 is 7.01. The molecule has 0 saturated carbocycles. The van der Waals surface area contributed by atoms with Gasteiger partial charge in [0.05, 0.1) is 35.0 Å². The molecule has 2 amide bonds. The molecule has 1 aliphatic rings. The van der Waals surface area contributed by atoms with E-state index in [0.29, 0.717) is 24.3 Å². The fraction of sp³-hybridized carbons (Fsp3) is 0.476. The molecule has 0 aliphatic carbocycles. The number of likely N-dealkylation sites (tertiary alicyclic amines) is 1. The lowest BCUT2D eigenvalue weighted by molar-refractivity contribution is 0.0635. The fourth-order valence-corrected chi connectivity index (χ4v) is 3.86. The van der Waals surface area contributed by atoms with Gasteiger partial charge in [-0.1, -0.05) is 0 Å². The van der Waals surface area contributed by atoms with Gasteiger partial charge < -0.3 is 9.64 Å². The van der Waals surface area contributed by atoms with Gasteiger partial charge in [0.15, 0.2) is 5.65 Å². The third-order valence-corrected chi connectivity index (χ3v) is 5.38. The normalized spacial score (nSPS) is 15.3. The Kier molecular flexibility index (Phi) is 5.38. The maximum atomic E-state index is 13.1. The summed E-state index contributed by atoms with van der Waals surface area (Å²) in [5.41, 5.74) is 2.95. The van der Waals surface area contributed by atoms with E-state index in [1.54, 1.807) is 29.2 Å². The molecule has 3 aromatic heterocycles. The van der Waals surface area contributed by atoms with E-state index in [1.165, 1.54) is 0 Å². The lowest BCUT2D eigenvalue weighted by atomic mass is 9.92. The molecule has 31 heavy (non-hydrogen) atoms. The SMILES string of the molecule is Cc1c(C(=O)N2CCC(c3[nH]ncc3NC(=O)OC(C)(C)C)CC2)cnc2ccnn12. The Balaban J connectivity index is 1.41. The first-order valence-corrected chi connectivity index (χ1v) is 10.3. The molecule has 4 heterocycles. The number of carbonyl (C=O) groups is 2. The van der Waals surface area contributed by atoms with Gasteiger partial charge in [0.1, 0.15) is 5.60 Å². The van der Waals surface area contributed by atoms with Crippen LogP contribution in [0.15, 0.2) is 24.7 Å². The third-order valence-electron chi connectivity index (χ3n) is 5.38. The van der Waals surface area contributed by atoms with Gasteiger partial charge in [-0.3, -0.25) is 15.2 Å². The Morgan fingerprint density at radius 2 is 1.97 bits per heavy atom. The van der Waals surface area contributed by atoms with Crippen LogP contribution in [-0.2, 0) is 4.74 Å². The molecule has 0 radical (unpaired) electrons. The number of nitrogens with one attached hydrogen (secondary N) is 2. The van der Waals surface area contributed by atoms with Crippen LogP contribution < -0.4 is 5.32 Å². The summed E-state index contributed by atoms with van der Waals surface area (Å²) in [7, 11) is 0. The second kappa shape index (κ2) is 8.01. The van der Waals surface area contributed by atoms with Crippen LogP contribution in [0.25, 0.3) is 5.65 Å². The maximum absolute atomic E-state index is 13.1. The van der Waals surface area contributed by atoms with Crippen LogP contribution in [0.4, 0.5) is 10.5 Å². The Hall–Kier alpha value is -3.43. The summed E-state index contributed by atoms with van der Waals surface area (Å²) >= 11 is 0. The lowest BCUT2D eigenvalue weighted by Crippen LogP contribution is -2.38. The summed E-state index contributed by atoms with van der Waals surface area (Å²) in [6.45, 7) is 8.53. The van der Waals surface area contributed by atoms with Gasteiger partial charge >= 0.3 is 6.09 Å². The van der Waals surface area contributed by atoms with E-state index in [4.69, 9.17) is 4.74 Å². The number of piperidine rings is 1. The van der Waals surface area contributed by atoms with Crippen molar-refractivity contribution in [3.05, 3.63) is 41.6 Å². The molecule has 0 bridgehead atoms. The molecular formula is C21H27N7O3. The second-order valence-electron chi connectivity index (χ2n) is 8.75. The fourth-order valence-electron chi connectivity index (χ4n) is 3.86. The van der Waals surface area contributed by atoms with Crippen molar-refractivity contribution in [3.8, 4) is 0 Å². The second-order valence-corrected chi connectivity index (χ2v) is 8.75. The molecule has 1 fully saturated rings. The topological polar surface area (TPSA) is 118 Å². The highest BCUT2D eigenvalue weighted by Crippen LogP contribution is 2.32. The van der Waals surface area contributed by atoms with Crippen molar-refractivity contribution in [1.82, 2.24) is 29.7 Å². The summed E-state index contributed by atoms with van der Waals surface area (Å²) in [5.74, 6) is 0.113. The number of H-pyrrole nitrogens is 1. The van der Waals surface area contributed by atoms with Crippen LogP contribution >= 0.6 is 0 Å². The smallest absolute Gasteiger partial charge is 0.412 e. The van der Waals surface area contributed by atoms with Crippen LogP contribution in [0.1, 0.15) is 61.3 Å². The number of aryl methyl sites for hydroxylation is 1. The molecular weight excluding hydrogens is 398 g/mol. The van der Waals surface area contributed by atoms with Gasteiger partial charge in [-0.15, -0.1) is 0 Å². The summed E-state index contributed by atoms with van der Waals surface area (Å²) in [4.78, 5) is 31.4. The number of nitrogens with zero attached hydrogens (tertiary/aromatic N) is 5. The van der Waals surface area contributed by atoms with E-state index < -0.39 is 11.7 Å². The minimum Gasteiger partial charge on any atom is -0.444 e. The average molecular weight is 425 g/mol. The Labute approximate surface area is 180 Å². The van der Waals surface area contributed by atoms with Crippen molar-refractivity contribution >= 4 is 23.3 Å². The van der Waals surface area contributed by atoms with Gasteiger partial charge in [-0.2, -0.15) is 10.2 Å². The van der Waals surface area contributed by atoms with Gasteiger partial charge in [-0.05, 0) is 40.5 Å². The minimum absolute atomic E-state index is 0.0439. The van der Waals surface area contributed by atoms with Crippen LogP contribution in [0.3, 0.4) is 0 Å². The van der Waals surface area contributed by atoms with Gasteiger partial charge in [0.2, 0.25) is 0 Å². The Bertz CT molecular complexity index is 1100. The quantitative estimate of drug-likeness (QED) is 0.666. The zero-order valence-electron chi connectivity index (χ0n) is 18.2. The highest BCUT2D eigenvalue weighted by Gasteiger charge is 2.29. The number of aromatic amines is 1. The number of amides is 2. The molecule has 10 heteroatoms. The number of hydrogen-bond acceptors (Lipinski definition) is 6. The first-order chi connectivity index (χ1) is 14.7. The maximum Gasteiger partial charge on any atom is 0.412 e. The monoisotopic (exact) mass is 425 g/mol. The van der Waals surface area contributed by atoms with Crippen molar-refractivity contribution in [2.24, 2.45) is 0 Å². The number of ether oxygens (including phenoxy) is 1. The van der Waals surface area contributed by atoms with Crippen molar-refractivity contribution < 1.29 is 14.3 Å². The molecule has 1 saturated heterocycles. The predicted octanol–water partition coefficient (Wildman–Crippen LogP) is 3.13. The highest BCUT2D eigenvalue weighted by molar-refractivity contribution is 5.95. The highest BCUT2D eigenvalue weighted by atomic mass is 16.6. The number of hydrogen-bond donors (Lipinski definition) is 2. The molecule has 4 rings (SSSR count). The zero-order chi connectivity index (χ0) is 22.2. The molecule has 1 aliphatic heterocycles. The van der Waals surface area contributed by atoms with E-state index in [2.05, 4.69) is 25.6 Å². The minimum atomic E-state index is -0.578. The van der Waals surface area contributed by atoms with Gasteiger partial charge in [-0.25, -0.2) is 14.3 Å².